The summed E-state index contributed by atoms with van der Waals surface area (Å²) in [5.74, 6) is 1.68. The monoisotopic (exact) mass is 505 g/mol. The molecule has 2 aromatic carbocycles. The molecule has 1 aliphatic heterocycles. The predicted octanol–water partition coefficient (Wildman–Crippen LogP) is 4.51. The van der Waals surface area contributed by atoms with Crippen molar-refractivity contribution in [2.24, 2.45) is 13.0 Å². The van der Waals surface area contributed by atoms with Crippen LogP contribution in [0.2, 0.25) is 5.02 Å². The van der Waals surface area contributed by atoms with Gasteiger partial charge in [-0.1, -0.05) is 23.7 Å². The third-order valence-corrected chi connectivity index (χ3v) is 6.85. The number of methoxy groups -OCH3 is 1. The highest BCUT2D eigenvalue weighted by molar-refractivity contribution is 6.32. The van der Waals surface area contributed by atoms with Crippen LogP contribution in [0.4, 0.5) is 0 Å². The zero-order valence-corrected chi connectivity index (χ0v) is 21.0. The number of ether oxygens (including phenoxy) is 2. The van der Waals surface area contributed by atoms with Crippen molar-refractivity contribution in [1.82, 2.24) is 25.1 Å². The van der Waals surface area contributed by atoms with Crippen LogP contribution in [0.5, 0.6) is 5.75 Å². The molecule has 4 aromatic rings. The number of carbonyl (C=O) groups is 1. The molecule has 186 valence electrons. The Balaban J connectivity index is 1.41. The zero-order chi connectivity index (χ0) is 25.1. The molecule has 0 bridgehead atoms. The minimum Gasteiger partial charge on any atom is -0.495 e. The first-order valence-corrected chi connectivity index (χ1v) is 12.3. The van der Waals surface area contributed by atoms with E-state index in [1.807, 2.05) is 37.6 Å². The molecule has 0 unspecified atom stereocenters. The van der Waals surface area contributed by atoms with Gasteiger partial charge in [0.25, 0.3) is 5.91 Å². The summed E-state index contributed by atoms with van der Waals surface area (Å²) < 4.78 is 12.4. The molecule has 0 aliphatic carbocycles. The smallest absolute Gasteiger partial charge is 0.252 e. The molecule has 1 amide bonds. The molecule has 1 saturated heterocycles. The zero-order valence-electron chi connectivity index (χ0n) is 20.3. The summed E-state index contributed by atoms with van der Waals surface area (Å²) in [5, 5.41) is 8.79. The van der Waals surface area contributed by atoms with E-state index < -0.39 is 6.04 Å². The van der Waals surface area contributed by atoms with Gasteiger partial charge in [-0.3, -0.25) is 9.48 Å². The third-order valence-electron chi connectivity index (χ3n) is 6.55. The summed E-state index contributed by atoms with van der Waals surface area (Å²) in [7, 11) is 3.41. The number of nitrogens with zero attached hydrogens (tertiary/aromatic N) is 4. The number of nitrogens with one attached hydrogen (secondary N) is 1. The summed E-state index contributed by atoms with van der Waals surface area (Å²) >= 11 is 6.39. The first kappa shape index (κ1) is 24.2. The van der Waals surface area contributed by atoms with Gasteiger partial charge in [0.15, 0.2) is 0 Å². The van der Waals surface area contributed by atoms with Crippen LogP contribution in [-0.4, -0.2) is 46.0 Å². The van der Waals surface area contributed by atoms with Gasteiger partial charge in [-0.05, 0) is 48.6 Å². The van der Waals surface area contributed by atoms with Crippen molar-refractivity contribution in [3.63, 3.8) is 0 Å². The number of halogens is 1. The van der Waals surface area contributed by atoms with Gasteiger partial charge in [-0.15, -0.1) is 0 Å². The van der Waals surface area contributed by atoms with Crippen LogP contribution in [-0.2, 0) is 18.2 Å². The number of hydrogen-bond donors (Lipinski definition) is 1. The average molecular weight is 506 g/mol. The molecule has 1 atom stereocenters. The summed E-state index contributed by atoms with van der Waals surface area (Å²) in [4.78, 5) is 22.7. The lowest BCUT2D eigenvalue weighted by Crippen LogP contribution is -2.29. The number of aromatic nitrogens is 4. The highest BCUT2D eigenvalue weighted by Gasteiger charge is 2.21. The van der Waals surface area contributed by atoms with E-state index >= 15 is 0 Å². The Morgan fingerprint density at radius 3 is 2.75 bits per heavy atom. The van der Waals surface area contributed by atoms with Gasteiger partial charge < -0.3 is 14.8 Å². The molecule has 5 rings (SSSR count). The first-order valence-electron chi connectivity index (χ1n) is 12.0. The molecule has 1 aliphatic rings. The summed E-state index contributed by atoms with van der Waals surface area (Å²) in [6, 6.07) is 10.5. The molecule has 8 nitrogen and oxygen atoms in total. The number of aryl methyl sites for hydroxylation is 1. The van der Waals surface area contributed by atoms with Crippen molar-refractivity contribution in [2.45, 2.75) is 25.3 Å². The topological polar surface area (TPSA) is 91.2 Å². The van der Waals surface area contributed by atoms with Crippen molar-refractivity contribution in [2.75, 3.05) is 20.3 Å². The highest BCUT2D eigenvalue weighted by atomic mass is 35.5. The normalized spacial score (nSPS) is 15.1. The van der Waals surface area contributed by atoms with E-state index in [1.165, 1.54) is 0 Å². The number of rotatable bonds is 7. The van der Waals surface area contributed by atoms with Crippen molar-refractivity contribution >= 4 is 28.4 Å². The van der Waals surface area contributed by atoms with Crippen LogP contribution in [0.25, 0.3) is 10.9 Å². The fourth-order valence-corrected chi connectivity index (χ4v) is 4.80. The van der Waals surface area contributed by atoms with Gasteiger partial charge in [0.05, 0.1) is 29.9 Å². The first-order chi connectivity index (χ1) is 17.5. The Morgan fingerprint density at radius 2 is 2.03 bits per heavy atom. The minimum atomic E-state index is -0.445. The van der Waals surface area contributed by atoms with Gasteiger partial charge in [-0.25, -0.2) is 9.97 Å². The van der Waals surface area contributed by atoms with Gasteiger partial charge >= 0.3 is 0 Å². The van der Waals surface area contributed by atoms with E-state index in [0.717, 1.165) is 60.3 Å². The number of fused-ring (bicyclic) bond motifs is 1. The van der Waals surface area contributed by atoms with Gasteiger partial charge in [0, 0.05) is 55.6 Å². The maximum Gasteiger partial charge on any atom is 0.252 e. The maximum atomic E-state index is 13.4. The van der Waals surface area contributed by atoms with Gasteiger partial charge in [0.2, 0.25) is 0 Å². The Kier molecular flexibility index (Phi) is 7.16. The van der Waals surface area contributed by atoms with Crippen molar-refractivity contribution in [3.8, 4) is 5.75 Å². The van der Waals surface area contributed by atoms with E-state index in [4.69, 9.17) is 26.1 Å². The quantitative estimate of drug-likeness (QED) is 0.397. The van der Waals surface area contributed by atoms with E-state index in [1.54, 1.807) is 36.2 Å². The van der Waals surface area contributed by atoms with E-state index in [0.29, 0.717) is 22.3 Å². The summed E-state index contributed by atoms with van der Waals surface area (Å²) in [6.45, 7) is 1.58. The van der Waals surface area contributed by atoms with Gasteiger partial charge in [0.1, 0.15) is 11.6 Å². The Hall–Kier alpha value is -3.49. The molecule has 0 radical (unpaired) electrons. The van der Waals surface area contributed by atoms with Crippen LogP contribution in [0, 0.1) is 5.92 Å². The third kappa shape index (κ3) is 5.34. The Bertz CT molecular complexity index is 1380. The molecule has 1 fully saturated rings. The lowest BCUT2D eigenvalue weighted by Gasteiger charge is -2.21. The molecule has 36 heavy (non-hydrogen) atoms. The fourth-order valence-electron chi connectivity index (χ4n) is 4.53. The molecular formula is C27H28ClN5O3. The second-order valence-corrected chi connectivity index (χ2v) is 9.47. The number of amides is 1. The van der Waals surface area contributed by atoms with Crippen molar-refractivity contribution in [1.29, 1.82) is 0 Å². The fraction of sp³-hybridized carbons (Fsp3) is 0.333. The summed E-state index contributed by atoms with van der Waals surface area (Å²) in [6.07, 6.45) is 8.30. The maximum absolute atomic E-state index is 13.4. The van der Waals surface area contributed by atoms with E-state index in [-0.39, 0.29) is 5.91 Å². The average Bonchev–Trinajstić information content (AvgIpc) is 3.33. The highest BCUT2D eigenvalue weighted by Crippen LogP contribution is 2.30. The molecule has 2 aromatic heterocycles. The van der Waals surface area contributed by atoms with Crippen LogP contribution in [0.1, 0.15) is 46.2 Å². The van der Waals surface area contributed by atoms with Crippen LogP contribution in [0.3, 0.4) is 0 Å². The molecule has 0 saturated carbocycles. The number of hydrogen-bond acceptors (Lipinski definition) is 6. The molecular weight excluding hydrogens is 478 g/mol. The van der Waals surface area contributed by atoms with Gasteiger partial charge in [-0.2, -0.15) is 5.10 Å². The Morgan fingerprint density at radius 1 is 1.19 bits per heavy atom. The lowest BCUT2D eigenvalue weighted by atomic mass is 9.96. The SMILES string of the molecule is COc1ccc([C@H](NC(=O)c2ccc3cnc(CC4CCOCC4)nc3c2)c2cnn(C)c2)cc1Cl. The van der Waals surface area contributed by atoms with Crippen molar-refractivity contribution in [3.05, 3.63) is 82.5 Å². The molecule has 3 heterocycles. The largest absolute Gasteiger partial charge is 0.495 e. The van der Waals surface area contributed by atoms with Crippen LogP contribution >= 0.6 is 11.6 Å². The number of carbonyl (C=O) groups excluding carboxylic acids is 1. The van der Waals surface area contributed by atoms with Crippen molar-refractivity contribution < 1.29 is 14.3 Å². The van der Waals surface area contributed by atoms with Crippen LogP contribution < -0.4 is 10.1 Å². The predicted molar refractivity (Wildman–Crippen MR) is 137 cm³/mol. The summed E-state index contributed by atoms with van der Waals surface area (Å²) in [5.41, 5.74) is 2.94. The van der Waals surface area contributed by atoms with E-state index in [2.05, 4.69) is 15.4 Å². The van der Waals surface area contributed by atoms with E-state index in [9.17, 15) is 4.79 Å². The standard InChI is InChI=1S/C27H28ClN5O3/c1-33-16-21(15-30-33)26(18-5-6-24(35-2)22(28)12-18)32-27(34)19-3-4-20-14-29-25(31-23(20)13-19)11-17-7-9-36-10-8-17/h3-6,12-17,26H,7-11H2,1-2H3,(H,32,34)/t26-/m0/s1. The molecule has 1 N–H and O–H groups in total. The second-order valence-electron chi connectivity index (χ2n) is 9.07. The molecule has 9 heteroatoms. The Labute approximate surface area is 214 Å². The molecule has 0 spiro atoms. The minimum absolute atomic E-state index is 0.220. The lowest BCUT2D eigenvalue weighted by molar-refractivity contribution is 0.0660. The van der Waals surface area contributed by atoms with Crippen LogP contribution in [0.15, 0.2) is 55.0 Å². The second kappa shape index (κ2) is 10.6. The number of benzene rings is 2.